The third-order valence-electron chi connectivity index (χ3n) is 7.13. The SMILES string of the molecule is CC1c2c(Cl)cc(Cl)cc2CCN1C(=O)CNc1cc2nc(CC3CCCCN3)[nH]c(=O)c2cc1F. The van der Waals surface area contributed by atoms with Crippen molar-refractivity contribution >= 4 is 45.7 Å². The third kappa shape index (κ3) is 5.08. The normalized spacial score (nSPS) is 19.8. The van der Waals surface area contributed by atoms with Crippen molar-refractivity contribution in [2.75, 3.05) is 25.0 Å². The van der Waals surface area contributed by atoms with Crippen LogP contribution < -0.4 is 16.2 Å². The average molecular weight is 532 g/mol. The summed E-state index contributed by atoms with van der Waals surface area (Å²) in [7, 11) is 0. The van der Waals surface area contributed by atoms with E-state index in [2.05, 4.69) is 20.6 Å². The fourth-order valence-corrected chi connectivity index (χ4v) is 5.98. The van der Waals surface area contributed by atoms with Gasteiger partial charge in [0.05, 0.1) is 29.2 Å². The molecule has 1 fully saturated rings. The molecule has 10 heteroatoms. The molecule has 3 aromatic rings. The lowest BCUT2D eigenvalue weighted by atomic mass is 9.93. The van der Waals surface area contributed by atoms with Crippen LogP contribution in [0.1, 0.15) is 49.2 Å². The van der Waals surface area contributed by atoms with Crippen LogP contribution in [0.15, 0.2) is 29.1 Å². The number of H-pyrrole nitrogens is 1. The molecule has 190 valence electrons. The van der Waals surface area contributed by atoms with Gasteiger partial charge >= 0.3 is 0 Å². The smallest absolute Gasteiger partial charge is 0.258 e. The maximum atomic E-state index is 14.8. The Balaban J connectivity index is 1.32. The van der Waals surface area contributed by atoms with Crippen molar-refractivity contribution < 1.29 is 9.18 Å². The number of nitrogens with one attached hydrogen (secondary N) is 3. The predicted octanol–water partition coefficient (Wildman–Crippen LogP) is 4.61. The summed E-state index contributed by atoms with van der Waals surface area (Å²) in [5.74, 6) is -0.223. The van der Waals surface area contributed by atoms with Crippen LogP contribution in [0.2, 0.25) is 10.0 Å². The second-order valence-corrected chi connectivity index (χ2v) is 10.4. The van der Waals surface area contributed by atoms with Crippen LogP contribution in [0.4, 0.5) is 10.1 Å². The topological polar surface area (TPSA) is 90.1 Å². The number of nitrogens with zero attached hydrogens (tertiary/aromatic N) is 2. The molecule has 2 aliphatic rings. The van der Waals surface area contributed by atoms with Crippen molar-refractivity contribution in [3.63, 3.8) is 0 Å². The Morgan fingerprint density at radius 2 is 2.08 bits per heavy atom. The van der Waals surface area contributed by atoms with Gasteiger partial charge in [-0.3, -0.25) is 9.59 Å². The molecular formula is C26H28Cl2FN5O2. The number of rotatable bonds is 5. The summed E-state index contributed by atoms with van der Waals surface area (Å²) in [6.45, 7) is 3.29. The Kier molecular flexibility index (Phi) is 7.19. The Bertz CT molecular complexity index is 1370. The molecule has 1 saturated heterocycles. The lowest BCUT2D eigenvalue weighted by Gasteiger charge is -2.36. The largest absolute Gasteiger partial charge is 0.374 e. The summed E-state index contributed by atoms with van der Waals surface area (Å²) >= 11 is 12.6. The molecule has 0 bridgehead atoms. The van der Waals surface area contributed by atoms with Crippen LogP contribution in [0, 0.1) is 5.82 Å². The number of fused-ring (bicyclic) bond motifs is 2. The molecule has 2 atom stereocenters. The maximum absolute atomic E-state index is 14.8. The number of amides is 1. The Morgan fingerprint density at radius 1 is 1.25 bits per heavy atom. The van der Waals surface area contributed by atoms with E-state index in [1.54, 1.807) is 11.0 Å². The van der Waals surface area contributed by atoms with Gasteiger partial charge in [0.25, 0.3) is 5.56 Å². The molecule has 2 aliphatic heterocycles. The van der Waals surface area contributed by atoms with Gasteiger partial charge in [-0.1, -0.05) is 29.6 Å². The standard InChI is InChI=1S/C26H28Cl2FN5O2/c1-14-25-15(8-16(27)9-19(25)28)5-7-34(14)24(35)13-31-22-12-21-18(11-20(22)29)26(36)33-23(32-21)10-17-4-2-3-6-30-17/h8-9,11-12,14,17,30-31H,2-7,10,13H2,1H3,(H,32,33,36). The van der Waals surface area contributed by atoms with Gasteiger partial charge in [0.2, 0.25) is 5.91 Å². The van der Waals surface area contributed by atoms with E-state index in [1.165, 1.54) is 12.1 Å². The second-order valence-electron chi connectivity index (χ2n) is 9.54. The number of aromatic amines is 1. The molecule has 0 aliphatic carbocycles. The van der Waals surface area contributed by atoms with Gasteiger partial charge in [-0.15, -0.1) is 0 Å². The average Bonchev–Trinajstić information content (AvgIpc) is 2.83. The first kappa shape index (κ1) is 25.0. The van der Waals surface area contributed by atoms with E-state index in [-0.39, 0.29) is 41.2 Å². The van der Waals surface area contributed by atoms with Gasteiger partial charge in [0, 0.05) is 29.1 Å². The van der Waals surface area contributed by atoms with E-state index in [0.717, 1.165) is 36.9 Å². The van der Waals surface area contributed by atoms with E-state index in [0.29, 0.717) is 40.8 Å². The highest BCUT2D eigenvalue weighted by atomic mass is 35.5. The Labute approximate surface area is 218 Å². The number of carbonyl (C=O) groups is 1. The van der Waals surface area contributed by atoms with Gasteiger partial charge in [-0.2, -0.15) is 0 Å². The van der Waals surface area contributed by atoms with Crippen molar-refractivity contribution in [1.29, 1.82) is 0 Å². The summed E-state index contributed by atoms with van der Waals surface area (Å²) in [5, 5.41) is 7.64. The fourth-order valence-electron chi connectivity index (χ4n) is 5.29. The summed E-state index contributed by atoms with van der Waals surface area (Å²) in [4.78, 5) is 34.7. The number of benzene rings is 2. The number of halogens is 3. The van der Waals surface area contributed by atoms with Crippen LogP contribution >= 0.6 is 23.2 Å². The molecule has 36 heavy (non-hydrogen) atoms. The molecule has 3 N–H and O–H groups in total. The highest BCUT2D eigenvalue weighted by molar-refractivity contribution is 6.35. The molecule has 2 aromatic carbocycles. The first-order chi connectivity index (χ1) is 17.3. The van der Waals surface area contributed by atoms with Crippen LogP contribution in [-0.2, 0) is 17.6 Å². The van der Waals surface area contributed by atoms with E-state index in [1.807, 2.05) is 13.0 Å². The second kappa shape index (κ2) is 10.4. The van der Waals surface area contributed by atoms with E-state index < -0.39 is 5.82 Å². The number of aromatic nitrogens is 2. The van der Waals surface area contributed by atoms with Crippen molar-refractivity contribution in [1.82, 2.24) is 20.2 Å². The quantitative estimate of drug-likeness (QED) is 0.447. The number of hydrogen-bond donors (Lipinski definition) is 3. The third-order valence-corrected chi connectivity index (χ3v) is 7.66. The zero-order chi connectivity index (χ0) is 25.4. The van der Waals surface area contributed by atoms with Crippen LogP contribution in [0.3, 0.4) is 0 Å². The summed E-state index contributed by atoms with van der Waals surface area (Å²) < 4.78 is 14.8. The van der Waals surface area contributed by atoms with Gasteiger partial charge < -0.3 is 20.5 Å². The fraction of sp³-hybridized carbons (Fsp3) is 0.423. The number of carbonyl (C=O) groups excluding carboxylic acids is 1. The van der Waals surface area contributed by atoms with Gasteiger partial charge in [-0.05, 0) is 68.1 Å². The molecule has 1 amide bonds. The first-order valence-corrected chi connectivity index (χ1v) is 13.0. The first-order valence-electron chi connectivity index (χ1n) is 12.3. The summed E-state index contributed by atoms with van der Waals surface area (Å²) in [6.07, 6.45) is 4.56. The zero-order valence-electron chi connectivity index (χ0n) is 20.0. The maximum Gasteiger partial charge on any atom is 0.258 e. The molecule has 5 rings (SSSR count). The lowest BCUT2D eigenvalue weighted by Crippen LogP contribution is -2.42. The molecule has 1 aromatic heterocycles. The highest BCUT2D eigenvalue weighted by Gasteiger charge is 2.29. The van der Waals surface area contributed by atoms with Gasteiger partial charge in [-0.25, -0.2) is 9.37 Å². The van der Waals surface area contributed by atoms with Crippen molar-refractivity contribution in [2.24, 2.45) is 0 Å². The van der Waals surface area contributed by atoms with E-state index in [4.69, 9.17) is 23.2 Å². The number of hydrogen-bond acceptors (Lipinski definition) is 5. The molecule has 0 spiro atoms. The van der Waals surface area contributed by atoms with Gasteiger partial charge in [0.1, 0.15) is 11.6 Å². The lowest BCUT2D eigenvalue weighted by molar-refractivity contribution is -0.131. The number of anilines is 1. The highest BCUT2D eigenvalue weighted by Crippen LogP contribution is 2.37. The van der Waals surface area contributed by atoms with Crippen molar-refractivity contribution in [3.05, 3.63) is 67.4 Å². The van der Waals surface area contributed by atoms with Crippen molar-refractivity contribution in [2.45, 2.75) is 51.1 Å². The van der Waals surface area contributed by atoms with Crippen molar-refractivity contribution in [3.8, 4) is 0 Å². The predicted molar refractivity (Wildman–Crippen MR) is 140 cm³/mol. The Morgan fingerprint density at radius 3 is 2.86 bits per heavy atom. The molecule has 0 saturated carbocycles. The minimum Gasteiger partial charge on any atom is -0.374 e. The van der Waals surface area contributed by atoms with Crippen LogP contribution in [0.5, 0.6) is 0 Å². The van der Waals surface area contributed by atoms with E-state index >= 15 is 0 Å². The van der Waals surface area contributed by atoms with Crippen LogP contribution in [-0.4, -0.2) is 46.5 Å². The molecule has 3 heterocycles. The summed E-state index contributed by atoms with van der Waals surface area (Å²) in [6, 6.07) is 6.26. The zero-order valence-corrected chi connectivity index (χ0v) is 21.5. The van der Waals surface area contributed by atoms with Crippen LogP contribution in [0.25, 0.3) is 10.9 Å². The number of piperidine rings is 1. The molecule has 7 nitrogen and oxygen atoms in total. The molecule has 2 unspecified atom stereocenters. The minimum atomic E-state index is -0.612. The Hall–Kier alpha value is -2.68. The molecule has 0 radical (unpaired) electrons. The van der Waals surface area contributed by atoms with E-state index in [9.17, 15) is 14.0 Å². The monoisotopic (exact) mass is 531 g/mol. The summed E-state index contributed by atoms with van der Waals surface area (Å²) in [5.41, 5.74) is 2.08. The molecular weight excluding hydrogens is 504 g/mol. The van der Waals surface area contributed by atoms with Gasteiger partial charge in [0.15, 0.2) is 0 Å². The minimum absolute atomic E-state index is 0.102.